The number of aliphatic carboxylic acids is 1. The van der Waals surface area contributed by atoms with Crippen molar-refractivity contribution in [1.29, 1.82) is 0 Å². The quantitative estimate of drug-likeness (QED) is 0.701. The molecule has 1 aromatic rings. The largest absolute Gasteiger partial charge is 0.480 e. The molecule has 0 aliphatic carbocycles. The Bertz CT molecular complexity index is 674. The SMILES string of the molecule is COC(=O)c1cccc(CN2C(=O)OC[C@H]2C(=O)NCC(=O)O)c1. The smallest absolute Gasteiger partial charge is 0.410 e. The molecular formula is C15H16N2O7. The first-order chi connectivity index (χ1) is 11.4. The van der Waals surface area contributed by atoms with Crippen LogP contribution in [0.2, 0.25) is 0 Å². The lowest BCUT2D eigenvalue weighted by atomic mass is 10.1. The van der Waals surface area contributed by atoms with E-state index in [0.29, 0.717) is 11.1 Å². The summed E-state index contributed by atoms with van der Waals surface area (Å²) in [6.45, 7) is -0.676. The van der Waals surface area contributed by atoms with E-state index in [2.05, 4.69) is 10.1 Å². The van der Waals surface area contributed by atoms with E-state index in [9.17, 15) is 19.2 Å². The Labute approximate surface area is 137 Å². The standard InChI is InChI=1S/C15H16N2O7/c1-23-14(21)10-4-2-3-9(5-10)7-17-11(8-24-15(17)22)13(20)16-6-12(18)19/h2-5,11H,6-8H2,1H3,(H,16,20)(H,18,19)/t11-/m0/s1. The molecule has 1 aliphatic heterocycles. The molecule has 0 bridgehead atoms. The Balaban J connectivity index is 2.11. The van der Waals surface area contributed by atoms with Crippen LogP contribution >= 0.6 is 0 Å². The molecule has 1 aliphatic rings. The van der Waals surface area contributed by atoms with Crippen molar-refractivity contribution in [3.63, 3.8) is 0 Å². The molecule has 2 N–H and O–H groups in total. The molecule has 0 saturated carbocycles. The summed E-state index contributed by atoms with van der Waals surface area (Å²) in [6.07, 6.45) is -0.686. The number of nitrogens with zero attached hydrogens (tertiary/aromatic N) is 1. The molecule has 0 spiro atoms. The zero-order valence-electron chi connectivity index (χ0n) is 12.9. The number of esters is 1. The van der Waals surface area contributed by atoms with Gasteiger partial charge < -0.3 is 19.9 Å². The highest BCUT2D eigenvalue weighted by Crippen LogP contribution is 2.18. The normalized spacial score (nSPS) is 16.5. The molecule has 9 heteroatoms. The minimum Gasteiger partial charge on any atom is -0.480 e. The van der Waals surface area contributed by atoms with E-state index in [0.717, 1.165) is 0 Å². The van der Waals surface area contributed by atoms with Crippen LogP contribution < -0.4 is 5.32 Å². The number of hydrogen-bond acceptors (Lipinski definition) is 6. The Kier molecular flexibility index (Phi) is 5.35. The summed E-state index contributed by atoms with van der Waals surface area (Å²) in [7, 11) is 1.26. The second-order valence-electron chi connectivity index (χ2n) is 5.02. The molecule has 1 aromatic carbocycles. The topological polar surface area (TPSA) is 122 Å². The fourth-order valence-electron chi connectivity index (χ4n) is 2.23. The molecular weight excluding hydrogens is 320 g/mol. The number of amides is 2. The van der Waals surface area contributed by atoms with Crippen LogP contribution in [0.4, 0.5) is 4.79 Å². The first-order valence-electron chi connectivity index (χ1n) is 7.02. The maximum atomic E-state index is 12.0. The van der Waals surface area contributed by atoms with Gasteiger partial charge in [0.05, 0.1) is 19.2 Å². The Morgan fingerprint density at radius 1 is 1.42 bits per heavy atom. The summed E-state index contributed by atoms with van der Waals surface area (Å²) in [4.78, 5) is 47.0. The number of carbonyl (C=O) groups excluding carboxylic acids is 3. The number of hydrogen-bond donors (Lipinski definition) is 2. The molecule has 9 nitrogen and oxygen atoms in total. The van der Waals surface area contributed by atoms with E-state index in [4.69, 9.17) is 9.84 Å². The van der Waals surface area contributed by atoms with E-state index in [1.54, 1.807) is 24.3 Å². The number of carbonyl (C=O) groups is 4. The molecule has 0 radical (unpaired) electrons. The number of benzene rings is 1. The molecule has 128 valence electrons. The second-order valence-corrected chi connectivity index (χ2v) is 5.02. The molecule has 1 heterocycles. The van der Waals surface area contributed by atoms with E-state index in [-0.39, 0.29) is 13.2 Å². The maximum Gasteiger partial charge on any atom is 0.410 e. The highest BCUT2D eigenvalue weighted by molar-refractivity contribution is 5.90. The predicted molar refractivity (Wildman–Crippen MR) is 79.1 cm³/mol. The summed E-state index contributed by atoms with van der Waals surface area (Å²) < 4.78 is 9.50. The van der Waals surface area contributed by atoms with Crippen LogP contribution in [0.15, 0.2) is 24.3 Å². The summed E-state index contributed by atoms with van der Waals surface area (Å²) in [6, 6.07) is 5.49. The van der Waals surface area contributed by atoms with Crippen LogP contribution in [0.1, 0.15) is 15.9 Å². The third kappa shape index (κ3) is 4.00. The summed E-state index contributed by atoms with van der Waals surface area (Å²) in [5.74, 6) is -2.32. The molecule has 0 aromatic heterocycles. The van der Waals surface area contributed by atoms with Gasteiger partial charge >= 0.3 is 18.0 Å². The lowest BCUT2D eigenvalue weighted by molar-refractivity contribution is -0.138. The average Bonchev–Trinajstić information content (AvgIpc) is 2.93. The van der Waals surface area contributed by atoms with Crippen molar-refractivity contribution in [2.75, 3.05) is 20.3 Å². The van der Waals surface area contributed by atoms with Gasteiger partial charge in [-0.2, -0.15) is 0 Å². The maximum absolute atomic E-state index is 12.0. The predicted octanol–water partition coefficient (Wildman–Crippen LogP) is -0.00520. The van der Waals surface area contributed by atoms with Crippen LogP contribution in [-0.2, 0) is 25.6 Å². The van der Waals surface area contributed by atoms with Gasteiger partial charge in [-0.25, -0.2) is 9.59 Å². The molecule has 2 rings (SSSR count). The number of carboxylic acids is 1. The van der Waals surface area contributed by atoms with Gasteiger partial charge in [0.1, 0.15) is 19.2 Å². The minimum atomic E-state index is -1.19. The highest BCUT2D eigenvalue weighted by atomic mass is 16.6. The number of cyclic esters (lactones) is 1. The van der Waals surface area contributed by atoms with Crippen molar-refractivity contribution in [2.24, 2.45) is 0 Å². The zero-order chi connectivity index (χ0) is 17.7. The zero-order valence-corrected chi connectivity index (χ0v) is 12.9. The van der Waals surface area contributed by atoms with Gasteiger partial charge in [-0.05, 0) is 17.7 Å². The number of rotatable bonds is 6. The first kappa shape index (κ1) is 17.3. The van der Waals surface area contributed by atoms with Crippen LogP contribution in [0.5, 0.6) is 0 Å². The fourth-order valence-corrected chi connectivity index (χ4v) is 2.23. The van der Waals surface area contributed by atoms with Crippen LogP contribution in [-0.4, -0.2) is 60.2 Å². The summed E-state index contributed by atoms with van der Waals surface area (Å²) in [5.41, 5.74) is 0.919. The number of ether oxygens (including phenoxy) is 2. The number of carboxylic acid groups (broad SMARTS) is 1. The third-order valence-corrected chi connectivity index (χ3v) is 3.39. The van der Waals surface area contributed by atoms with Crippen molar-refractivity contribution >= 4 is 23.9 Å². The molecule has 1 saturated heterocycles. The number of methoxy groups -OCH3 is 1. The first-order valence-corrected chi connectivity index (χ1v) is 7.02. The molecule has 1 fully saturated rings. The van der Waals surface area contributed by atoms with Gasteiger partial charge in [-0.15, -0.1) is 0 Å². The second kappa shape index (κ2) is 7.44. The van der Waals surface area contributed by atoms with Crippen LogP contribution in [0.25, 0.3) is 0 Å². The molecule has 2 amide bonds. The van der Waals surface area contributed by atoms with Crippen molar-refractivity contribution in [1.82, 2.24) is 10.2 Å². The number of nitrogens with one attached hydrogen (secondary N) is 1. The van der Waals surface area contributed by atoms with Gasteiger partial charge in [0, 0.05) is 0 Å². The Hall–Kier alpha value is -3.10. The van der Waals surface area contributed by atoms with Crippen LogP contribution in [0.3, 0.4) is 0 Å². The fraction of sp³-hybridized carbons (Fsp3) is 0.333. The van der Waals surface area contributed by atoms with E-state index in [1.807, 2.05) is 0 Å². The molecule has 0 unspecified atom stereocenters. The Morgan fingerprint density at radius 3 is 2.83 bits per heavy atom. The van der Waals surface area contributed by atoms with Gasteiger partial charge in [-0.3, -0.25) is 14.5 Å². The average molecular weight is 336 g/mol. The van der Waals surface area contributed by atoms with Gasteiger partial charge in [0.15, 0.2) is 0 Å². The third-order valence-electron chi connectivity index (χ3n) is 3.39. The van der Waals surface area contributed by atoms with Crippen molar-refractivity contribution in [3.05, 3.63) is 35.4 Å². The van der Waals surface area contributed by atoms with Crippen molar-refractivity contribution in [2.45, 2.75) is 12.6 Å². The van der Waals surface area contributed by atoms with Crippen molar-refractivity contribution in [3.8, 4) is 0 Å². The summed E-state index contributed by atoms with van der Waals surface area (Å²) in [5, 5.41) is 10.8. The van der Waals surface area contributed by atoms with E-state index >= 15 is 0 Å². The van der Waals surface area contributed by atoms with E-state index in [1.165, 1.54) is 12.0 Å². The highest BCUT2D eigenvalue weighted by Gasteiger charge is 2.38. The summed E-state index contributed by atoms with van der Waals surface area (Å²) >= 11 is 0. The lowest BCUT2D eigenvalue weighted by Gasteiger charge is -2.20. The monoisotopic (exact) mass is 336 g/mol. The van der Waals surface area contributed by atoms with Gasteiger partial charge in [0.25, 0.3) is 0 Å². The van der Waals surface area contributed by atoms with Crippen molar-refractivity contribution < 1.29 is 33.8 Å². The van der Waals surface area contributed by atoms with Gasteiger partial charge in [0.2, 0.25) is 5.91 Å². The Morgan fingerprint density at radius 2 is 2.17 bits per heavy atom. The minimum absolute atomic E-state index is 0.0365. The van der Waals surface area contributed by atoms with Crippen LogP contribution in [0, 0.1) is 0 Å². The molecule has 24 heavy (non-hydrogen) atoms. The van der Waals surface area contributed by atoms with Gasteiger partial charge in [-0.1, -0.05) is 12.1 Å². The van der Waals surface area contributed by atoms with E-state index < -0.39 is 36.5 Å². The molecule has 1 atom stereocenters. The lowest BCUT2D eigenvalue weighted by Crippen LogP contribution is -2.46.